The average Bonchev–Trinajstić information content (AvgIpc) is 2.56. The van der Waals surface area contributed by atoms with Gasteiger partial charge in [0.25, 0.3) is 0 Å². The Labute approximate surface area is 90.1 Å². The Kier molecular flexibility index (Phi) is 3.14. The van der Waals surface area contributed by atoms with Crippen molar-refractivity contribution in [1.29, 1.82) is 0 Å². The topological polar surface area (TPSA) is 26.0 Å². The maximum Gasteiger partial charge on any atom is 0.0136 e. The molecule has 0 aliphatic carbocycles. The number of hydrogen-bond acceptors (Lipinski definition) is 2. The van der Waals surface area contributed by atoms with Gasteiger partial charge < -0.3 is 5.73 Å². The Morgan fingerprint density at radius 1 is 1.50 bits per heavy atom. The van der Waals surface area contributed by atoms with Gasteiger partial charge in [0.15, 0.2) is 0 Å². The minimum absolute atomic E-state index is 0.773. The molecule has 1 aromatic carbocycles. The maximum absolute atomic E-state index is 5.53. The van der Waals surface area contributed by atoms with Crippen LogP contribution in [0.4, 0.5) is 0 Å². The van der Waals surface area contributed by atoms with E-state index in [-0.39, 0.29) is 0 Å². The van der Waals surface area contributed by atoms with Gasteiger partial charge in [-0.1, -0.05) is 17.7 Å². The van der Waals surface area contributed by atoms with Crippen LogP contribution in [0.1, 0.15) is 24.0 Å². The summed E-state index contributed by atoms with van der Waals surface area (Å²) in [5, 5.41) is 0.773. The fourth-order valence-electron chi connectivity index (χ4n) is 1.96. The summed E-state index contributed by atoms with van der Waals surface area (Å²) in [5.41, 5.74) is 8.44. The molecule has 76 valence electrons. The first kappa shape index (κ1) is 10.1. The number of rotatable bonds is 3. The van der Waals surface area contributed by atoms with Crippen molar-refractivity contribution in [3.8, 4) is 0 Å². The van der Waals surface area contributed by atoms with Gasteiger partial charge in [0.2, 0.25) is 0 Å². The Balaban J connectivity index is 2.03. The molecule has 1 aromatic rings. The van der Waals surface area contributed by atoms with Gasteiger partial charge >= 0.3 is 0 Å². The van der Waals surface area contributed by atoms with Crippen molar-refractivity contribution in [2.24, 2.45) is 5.73 Å². The van der Waals surface area contributed by atoms with Crippen molar-refractivity contribution in [1.82, 2.24) is 0 Å². The lowest BCUT2D eigenvalue weighted by atomic mass is 10.1. The molecule has 2 N–H and O–H groups in total. The van der Waals surface area contributed by atoms with Crippen LogP contribution >= 0.6 is 11.8 Å². The number of thioether (sulfide) groups is 1. The summed E-state index contributed by atoms with van der Waals surface area (Å²) in [6, 6.07) is 6.79. The molecule has 0 aromatic heterocycles. The van der Waals surface area contributed by atoms with Crippen LogP contribution in [0.15, 0.2) is 23.1 Å². The molecule has 1 aliphatic rings. The fourth-order valence-corrected chi connectivity index (χ4v) is 3.30. The van der Waals surface area contributed by atoms with Gasteiger partial charge in [-0.25, -0.2) is 0 Å². The molecular weight excluding hydrogens is 190 g/mol. The molecule has 0 saturated heterocycles. The van der Waals surface area contributed by atoms with E-state index in [9.17, 15) is 0 Å². The molecule has 1 nitrogen and oxygen atoms in total. The van der Waals surface area contributed by atoms with Gasteiger partial charge in [-0.3, -0.25) is 0 Å². The zero-order valence-corrected chi connectivity index (χ0v) is 9.44. The summed E-state index contributed by atoms with van der Waals surface area (Å²) in [4.78, 5) is 1.48. The number of hydrogen-bond donors (Lipinski definition) is 1. The van der Waals surface area contributed by atoms with E-state index in [2.05, 4.69) is 25.1 Å². The molecule has 1 heterocycles. The first-order valence-corrected chi connectivity index (χ1v) is 6.14. The van der Waals surface area contributed by atoms with Crippen LogP contribution in [0.2, 0.25) is 0 Å². The van der Waals surface area contributed by atoms with Crippen molar-refractivity contribution in [3.05, 3.63) is 29.3 Å². The van der Waals surface area contributed by atoms with E-state index in [1.807, 2.05) is 11.8 Å². The summed E-state index contributed by atoms with van der Waals surface area (Å²) in [7, 11) is 0. The minimum atomic E-state index is 0.773. The molecule has 2 heteroatoms. The molecule has 1 unspecified atom stereocenters. The molecule has 2 rings (SSSR count). The number of aryl methyl sites for hydroxylation is 1. The van der Waals surface area contributed by atoms with E-state index in [4.69, 9.17) is 5.73 Å². The molecule has 0 bridgehead atoms. The summed E-state index contributed by atoms with van der Waals surface area (Å²) in [5.74, 6) is 0. The molecular formula is C12H17NS. The first-order chi connectivity index (χ1) is 6.79. The number of benzene rings is 1. The second-order valence-corrected chi connectivity index (χ2v) is 5.33. The zero-order chi connectivity index (χ0) is 9.97. The second-order valence-electron chi connectivity index (χ2n) is 3.99. The Hall–Kier alpha value is -0.470. The van der Waals surface area contributed by atoms with E-state index in [1.54, 1.807) is 0 Å². The van der Waals surface area contributed by atoms with Gasteiger partial charge in [-0.2, -0.15) is 0 Å². The highest BCUT2D eigenvalue weighted by atomic mass is 32.2. The molecule has 1 atom stereocenters. The van der Waals surface area contributed by atoms with E-state index in [0.717, 1.165) is 18.2 Å². The van der Waals surface area contributed by atoms with Crippen LogP contribution in [0.25, 0.3) is 0 Å². The van der Waals surface area contributed by atoms with Crippen LogP contribution in [0, 0.1) is 6.92 Å². The lowest BCUT2D eigenvalue weighted by molar-refractivity contribution is 0.708. The van der Waals surface area contributed by atoms with Crippen LogP contribution in [0.5, 0.6) is 0 Å². The van der Waals surface area contributed by atoms with Gasteiger partial charge in [0.05, 0.1) is 0 Å². The normalized spacial score (nSPS) is 19.7. The van der Waals surface area contributed by atoms with Crippen molar-refractivity contribution in [2.75, 3.05) is 6.54 Å². The molecule has 0 amide bonds. The highest BCUT2D eigenvalue weighted by Gasteiger charge is 2.21. The molecule has 0 radical (unpaired) electrons. The summed E-state index contributed by atoms with van der Waals surface area (Å²) in [6.45, 7) is 2.99. The molecule has 0 spiro atoms. The lowest BCUT2D eigenvalue weighted by Crippen LogP contribution is -2.05. The summed E-state index contributed by atoms with van der Waals surface area (Å²) < 4.78 is 0. The molecule has 1 aliphatic heterocycles. The van der Waals surface area contributed by atoms with Crippen LogP contribution in [-0.2, 0) is 6.42 Å². The predicted octanol–water partition coefficient (Wildman–Crippen LogP) is 2.75. The van der Waals surface area contributed by atoms with Crippen LogP contribution in [-0.4, -0.2) is 11.8 Å². The maximum atomic E-state index is 5.53. The third-order valence-corrected chi connectivity index (χ3v) is 4.08. The van der Waals surface area contributed by atoms with E-state index < -0.39 is 0 Å². The average molecular weight is 207 g/mol. The Morgan fingerprint density at radius 2 is 2.36 bits per heavy atom. The standard InChI is InChI=1S/C12H17NS/c1-9-4-5-12-10(7-9)8-11(14-12)3-2-6-13/h4-5,7,11H,2-3,6,8,13H2,1H3. The van der Waals surface area contributed by atoms with Crippen LogP contribution < -0.4 is 5.73 Å². The van der Waals surface area contributed by atoms with Crippen molar-refractivity contribution in [2.45, 2.75) is 36.3 Å². The number of nitrogens with two attached hydrogens (primary N) is 1. The van der Waals surface area contributed by atoms with Gasteiger partial charge in [0.1, 0.15) is 0 Å². The third kappa shape index (κ3) is 2.12. The summed E-state index contributed by atoms with van der Waals surface area (Å²) in [6.07, 6.45) is 3.65. The van der Waals surface area contributed by atoms with Gasteiger partial charge in [0, 0.05) is 10.1 Å². The fraction of sp³-hybridized carbons (Fsp3) is 0.500. The van der Waals surface area contributed by atoms with Gasteiger partial charge in [-0.05, 0) is 44.4 Å². The Morgan fingerprint density at radius 3 is 3.14 bits per heavy atom. The SMILES string of the molecule is Cc1ccc2c(c1)CC(CCCN)S2. The minimum Gasteiger partial charge on any atom is -0.330 e. The smallest absolute Gasteiger partial charge is 0.0136 e. The monoisotopic (exact) mass is 207 g/mol. The predicted molar refractivity (Wildman–Crippen MR) is 62.8 cm³/mol. The lowest BCUT2D eigenvalue weighted by Gasteiger charge is -2.05. The van der Waals surface area contributed by atoms with Crippen LogP contribution in [0.3, 0.4) is 0 Å². The summed E-state index contributed by atoms with van der Waals surface area (Å²) >= 11 is 2.03. The van der Waals surface area contributed by atoms with Crippen molar-refractivity contribution < 1.29 is 0 Å². The number of fused-ring (bicyclic) bond motifs is 1. The highest BCUT2D eigenvalue weighted by Crippen LogP contribution is 2.39. The Bertz CT molecular complexity index is 322. The molecule has 0 fully saturated rings. The second kappa shape index (κ2) is 4.37. The van der Waals surface area contributed by atoms with E-state index >= 15 is 0 Å². The van der Waals surface area contributed by atoms with Gasteiger partial charge in [-0.15, -0.1) is 11.8 Å². The third-order valence-electron chi connectivity index (χ3n) is 2.69. The van der Waals surface area contributed by atoms with Crippen molar-refractivity contribution >= 4 is 11.8 Å². The molecule has 14 heavy (non-hydrogen) atoms. The van der Waals surface area contributed by atoms with E-state index in [1.165, 1.54) is 28.9 Å². The first-order valence-electron chi connectivity index (χ1n) is 5.26. The highest BCUT2D eigenvalue weighted by molar-refractivity contribution is 8.00. The zero-order valence-electron chi connectivity index (χ0n) is 8.62. The molecule has 0 saturated carbocycles. The quantitative estimate of drug-likeness (QED) is 0.824. The van der Waals surface area contributed by atoms with E-state index in [0.29, 0.717) is 0 Å². The van der Waals surface area contributed by atoms with Crippen molar-refractivity contribution in [3.63, 3.8) is 0 Å². The largest absolute Gasteiger partial charge is 0.330 e.